The van der Waals surface area contributed by atoms with Crippen molar-refractivity contribution in [3.63, 3.8) is 0 Å². The van der Waals surface area contributed by atoms with Crippen molar-refractivity contribution in [2.75, 3.05) is 11.9 Å². The number of para-hydroxylation sites is 1. The van der Waals surface area contributed by atoms with Crippen LogP contribution < -0.4 is 5.32 Å². The lowest BCUT2D eigenvalue weighted by Gasteiger charge is -2.27. The minimum Gasteiger partial charge on any atom is -0.371 e. The molecule has 1 aliphatic rings. The van der Waals surface area contributed by atoms with E-state index in [9.17, 15) is 10.1 Å². The number of nitrogens with zero attached hydrogens (tertiary/aromatic N) is 2. The van der Waals surface area contributed by atoms with E-state index in [2.05, 4.69) is 23.5 Å². The van der Waals surface area contributed by atoms with Crippen LogP contribution in [0, 0.1) is 11.3 Å². The van der Waals surface area contributed by atoms with E-state index in [-0.39, 0.29) is 5.57 Å². The van der Waals surface area contributed by atoms with E-state index in [0.29, 0.717) is 12.2 Å². The molecule has 0 aromatic heterocycles. The molecule has 4 rings (SSSR count). The molecule has 1 aliphatic heterocycles. The molecule has 0 aliphatic carbocycles. The summed E-state index contributed by atoms with van der Waals surface area (Å²) in [6, 6.07) is 28.0. The first-order chi connectivity index (χ1) is 14.7. The van der Waals surface area contributed by atoms with Gasteiger partial charge >= 0.3 is 0 Å². The van der Waals surface area contributed by atoms with Gasteiger partial charge in [0.25, 0.3) is 5.91 Å². The highest BCUT2D eigenvalue weighted by Gasteiger charge is 2.17. The first-order valence-electron chi connectivity index (χ1n) is 9.79. The summed E-state index contributed by atoms with van der Waals surface area (Å²) in [6.07, 6.45) is 2.59. The zero-order chi connectivity index (χ0) is 20.8. The van der Waals surface area contributed by atoms with Gasteiger partial charge in [-0.3, -0.25) is 4.79 Å². The second-order valence-electron chi connectivity index (χ2n) is 7.01. The van der Waals surface area contributed by atoms with Gasteiger partial charge in [0.1, 0.15) is 11.6 Å². The Morgan fingerprint density at radius 3 is 2.47 bits per heavy atom. The smallest absolute Gasteiger partial charge is 0.267 e. The first kappa shape index (κ1) is 19.8. The Labute approximate surface area is 180 Å². The Morgan fingerprint density at radius 1 is 0.967 bits per heavy atom. The maximum absolute atomic E-state index is 12.8. The lowest BCUT2D eigenvalue weighted by Crippen LogP contribution is -2.27. The number of hydrogen-bond donors (Lipinski definition) is 1. The molecule has 1 amide bonds. The standard InChI is InChI=1S/C25H21N3OS/c26-16-21(18-28-15-14-19-8-4-5-9-20(19)17-28)25(29)27-23-12-6-7-13-24(23)30-22-10-2-1-3-11-22/h1-13,18H,14-15,17H2,(H,27,29)/b21-18-. The molecule has 0 saturated heterocycles. The van der Waals surface area contributed by atoms with Crippen molar-refractivity contribution in [2.24, 2.45) is 0 Å². The monoisotopic (exact) mass is 411 g/mol. The zero-order valence-corrected chi connectivity index (χ0v) is 17.2. The number of fused-ring (bicyclic) bond motifs is 1. The lowest BCUT2D eigenvalue weighted by atomic mass is 10.0. The summed E-state index contributed by atoms with van der Waals surface area (Å²) < 4.78 is 0. The third-order valence-electron chi connectivity index (χ3n) is 4.94. The molecule has 3 aromatic carbocycles. The van der Waals surface area contributed by atoms with E-state index in [4.69, 9.17) is 0 Å². The molecule has 5 heteroatoms. The largest absolute Gasteiger partial charge is 0.371 e. The minimum absolute atomic E-state index is 0.105. The SMILES string of the molecule is N#C/C(=C/N1CCc2ccccc2C1)C(=O)Nc1ccccc1Sc1ccccc1. The van der Waals surface area contributed by atoms with Crippen molar-refractivity contribution in [1.29, 1.82) is 5.26 Å². The molecule has 0 atom stereocenters. The Hall–Kier alpha value is -3.49. The van der Waals surface area contributed by atoms with Crippen LogP contribution in [-0.2, 0) is 17.8 Å². The third kappa shape index (κ3) is 4.73. The van der Waals surface area contributed by atoms with E-state index in [1.807, 2.05) is 71.6 Å². The number of nitriles is 1. The molecule has 148 valence electrons. The van der Waals surface area contributed by atoms with E-state index in [1.165, 1.54) is 11.1 Å². The van der Waals surface area contributed by atoms with Crippen molar-refractivity contribution in [2.45, 2.75) is 22.8 Å². The molecule has 1 heterocycles. The summed E-state index contributed by atoms with van der Waals surface area (Å²) in [5.41, 5.74) is 3.37. The van der Waals surface area contributed by atoms with Gasteiger partial charge in [0, 0.05) is 29.1 Å². The predicted molar refractivity (Wildman–Crippen MR) is 120 cm³/mol. The van der Waals surface area contributed by atoms with Gasteiger partial charge in [-0.2, -0.15) is 5.26 Å². The van der Waals surface area contributed by atoms with Crippen molar-refractivity contribution in [3.05, 3.63) is 102 Å². The Kier molecular flexibility index (Phi) is 6.17. The zero-order valence-electron chi connectivity index (χ0n) is 16.4. The second-order valence-corrected chi connectivity index (χ2v) is 8.12. The second kappa shape index (κ2) is 9.34. The van der Waals surface area contributed by atoms with Gasteiger partial charge in [-0.25, -0.2) is 0 Å². The van der Waals surface area contributed by atoms with Gasteiger partial charge in [-0.15, -0.1) is 0 Å². The van der Waals surface area contributed by atoms with Crippen molar-refractivity contribution < 1.29 is 4.79 Å². The molecule has 0 saturated carbocycles. The van der Waals surface area contributed by atoms with Crippen LogP contribution >= 0.6 is 11.8 Å². The highest BCUT2D eigenvalue weighted by atomic mass is 32.2. The van der Waals surface area contributed by atoms with Crippen LogP contribution in [0.4, 0.5) is 5.69 Å². The number of carbonyl (C=O) groups excluding carboxylic acids is 1. The van der Waals surface area contributed by atoms with E-state index >= 15 is 0 Å². The number of carbonyl (C=O) groups is 1. The number of benzene rings is 3. The summed E-state index contributed by atoms with van der Waals surface area (Å²) in [6.45, 7) is 1.49. The van der Waals surface area contributed by atoms with Gasteiger partial charge in [0.2, 0.25) is 0 Å². The number of nitrogens with one attached hydrogen (secondary N) is 1. The first-order valence-corrected chi connectivity index (χ1v) is 10.6. The highest BCUT2D eigenvalue weighted by molar-refractivity contribution is 7.99. The molecule has 1 N–H and O–H groups in total. The molecule has 3 aromatic rings. The molecule has 0 radical (unpaired) electrons. The van der Waals surface area contributed by atoms with Crippen LogP contribution in [0.5, 0.6) is 0 Å². The average molecular weight is 412 g/mol. The van der Waals surface area contributed by atoms with Crippen molar-refractivity contribution in [1.82, 2.24) is 4.90 Å². The fourth-order valence-corrected chi connectivity index (χ4v) is 4.34. The number of amides is 1. The molecule has 0 unspecified atom stereocenters. The quantitative estimate of drug-likeness (QED) is 0.461. The summed E-state index contributed by atoms with van der Waals surface area (Å²) in [7, 11) is 0. The number of anilines is 1. The highest BCUT2D eigenvalue weighted by Crippen LogP contribution is 2.33. The van der Waals surface area contributed by atoms with Crippen LogP contribution in [-0.4, -0.2) is 17.4 Å². The molecular formula is C25H21N3OS. The van der Waals surface area contributed by atoms with Crippen LogP contribution in [0.25, 0.3) is 0 Å². The van der Waals surface area contributed by atoms with Gasteiger partial charge in [-0.1, -0.05) is 66.4 Å². The third-order valence-corrected chi connectivity index (χ3v) is 6.03. The van der Waals surface area contributed by atoms with Gasteiger partial charge in [-0.05, 0) is 41.8 Å². The molecule has 0 bridgehead atoms. The summed E-state index contributed by atoms with van der Waals surface area (Å²) in [5.74, 6) is -0.391. The maximum Gasteiger partial charge on any atom is 0.267 e. The predicted octanol–water partition coefficient (Wildman–Crippen LogP) is 5.24. The van der Waals surface area contributed by atoms with E-state index in [1.54, 1.807) is 18.0 Å². The normalized spacial score (nSPS) is 13.3. The lowest BCUT2D eigenvalue weighted by molar-refractivity contribution is -0.112. The summed E-state index contributed by atoms with van der Waals surface area (Å²) in [4.78, 5) is 16.9. The maximum atomic E-state index is 12.8. The van der Waals surface area contributed by atoms with Crippen LogP contribution in [0.3, 0.4) is 0 Å². The van der Waals surface area contributed by atoms with Crippen LogP contribution in [0.2, 0.25) is 0 Å². The fourth-order valence-electron chi connectivity index (χ4n) is 3.41. The van der Waals surface area contributed by atoms with Crippen LogP contribution in [0.15, 0.2) is 100 Å². The molecular weight excluding hydrogens is 390 g/mol. The summed E-state index contributed by atoms with van der Waals surface area (Å²) >= 11 is 1.58. The Bertz CT molecular complexity index is 1120. The molecule has 0 spiro atoms. The Balaban J connectivity index is 1.49. The van der Waals surface area contributed by atoms with Crippen molar-refractivity contribution >= 4 is 23.4 Å². The Morgan fingerprint density at radius 2 is 1.67 bits per heavy atom. The van der Waals surface area contributed by atoms with Crippen LogP contribution in [0.1, 0.15) is 11.1 Å². The fraction of sp³-hybridized carbons (Fsp3) is 0.120. The van der Waals surface area contributed by atoms with Gasteiger partial charge in [0.15, 0.2) is 0 Å². The van der Waals surface area contributed by atoms with Crippen molar-refractivity contribution in [3.8, 4) is 6.07 Å². The molecule has 0 fully saturated rings. The molecule has 30 heavy (non-hydrogen) atoms. The topological polar surface area (TPSA) is 56.1 Å². The minimum atomic E-state index is -0.391. The van der Waals surface area contributed by atoms with E-state index in [0.717, 1.165) is 22.8 Å². The van der Waals surface area contributed by atoms with E-state index < -0.39 is 5.91 Å². The van der Waals surface area contributed by atoms with Gasteiger partial charge in [0.05, 0.1) is 5.69 Å². The summed E-state index contributed by atoms with van der Waals surface area (Å²) in [5, 5.41) is 12.5. The average Bonchev–Trinajstić information content (AvgIpc) is 2.79. The van der Waals surface area contributed by atoms with Gasteiger partial charge < -0.3 is 10.2 Å². The molecule has 4 nitrogen and oxygen atoms in total. The number of rotatable bonds is 5. The number of hydrogen-bond acceptors (Lipinski definition) is 4.